The molecule has 1 unspecified atom stereocenters. The van der Waals surface area contributed by atoms with Crippen molar-refractivity contribution in [2.45, 2.75) is 39.5 Å². The van der Waals surface area contributed by atoms with E-state index in [1.165, 1.54) is 0 Å². The van der Waals surface area contributed by atoms with Gasteiger partial charge in [0.25, 0.3) is 11.8 Å². The van der Waals surface area contributed by atoms with Crippen LogP contribution in [0, 0.1) is 12.8 Å². The summed E-state index contributed by atoms with van der Waals surface area (Å²) < 4.78 is 0. The minimum absolute atomic E-state index is 0.172. The van der Waals surface area contributed by atoms with Crippen molar-refractivity contribution >= 4 is 23.2 Å². The van der Waals surface area contributed by atoms with Crippen molar-refractivity contribution in [1.29, 1.82) is 0 Å². The largest absolute Gasteiger partial charge is 0.322 e. The van der Waals surface area contributed by atoms with Crippen molar-refractivity contribution in [3.63, 3.8) is 0 Å². The van der Waals surface area contributed by atoms with Crippen LogP contribution in [0.5, 0.6) is 0 Å². The highest BCUT2D eigenvalue weighted by Gasteiger charge is 2.21. The Morgan fingerprint density at radius 2 is 1.85 bits per heavy atom. The third-order valence-electron chi connectivity index (χ3n) is 4.94. The monoisotopic (exact) mass is 363 g/mol. The highest BCUT2D eigenvalue weighted by molar-refractivity contribution is 6.04. The molecule has 1 saturated carbocycles. The zero-order valence-corrected chi connectivity index (χ0v) is 15.8. The molecule has 2 aromatic carbocycles. The number of nitrogens with one attached hydrogen (secondary N) is 2. The van der Waals surface area contributed by atoms with Gasteiger partial charge in [0, 0.05) is 22.5 Å². The van der Waals surface area contributed by atoms with E-state index in [2.05, 4.69) is 22.8 Å². The molecule has 2 amide bonds. The average Bonchev–Trinajstić information content (AvgIpc) is 3.14. The van der Waals surface area contributed by atoms with Crippen LogP contribution < -0.4 is 10.7 Å². The maximum absolute atomic E-state index is 12.3. The van der Waals surface area contributed by atoms with Gasteiger partial charge in [0.1, 0.15) is 0 Å². The molecule has 0 aliphatic heterocycles. The summed E-state index contributed by atoms with van der Waals surface area (Å²) in [5.41, 5.74) is 6.54. The van der Waals surface area contributed by atoms with Gasteiger partial charge in [0.15, 0.2) is 0 Å². The normalized spacial score (nSPS) is 17.7. The molecule has 140 valence electrons. The van der Waals surface area contributed by atoms with Crippen LogP contribution in [-0.2, 0) is 0 Å². The molecular weight excluding hydrogens is 338 g/mol. The lowest BCUT2D eigenvalue weighted by atomic mass is 10.0. The summed E-state index contributed by atoms with van der Waals surface area (Å²) in [5, 5.41) is 7.16. The number of amides is 2. The Morgan fingerprint density at radius 3 is 2.56 bits per heavy atom. The summed E-state index contributed by atoms with van der Waals surface area (Å²) in [6.45, 7) is 4.10. The molecule has 0 radical (unpaired) electrons. The van der Waals surface area contributed by atoms with Crippen molar-refractivity contribution in [3.8, 4) is 0 Å². The van der Waals surface area contributed by atoms with Gasteiger partial charge in [0.2, 0.25) is 0 Å². The Labute approximate surface area is 159 Å². The van der Waals surface area contributed by atoms with Crippen LogP contribution in [0.1, 0.15) is 58.9 Å². The molecule has 0 heterocycles. The molecule has 2 N–H and O–H groups in total. The van der Waals surface area contributed by atoms with Crippen LogP contribution in [-0.4, -0.2) is 17.5 Å². The first-order valence-electron chi connectivity index (χ1n) is 9.41. The molecule has 1 aliphatic rings. The number of hydrogen-bond donors (Lipinski definition) is 2. The van der Waals surface area contributed by atoms with E-state index in [-0.39, 0.29) is 11.8 Å². The fourth-order valence-corrected chi connectivity index (χ4v) is 3.37. The van der Waals surface area contributed by atoms with E-state index in [1.807, 2.05) is 25.1 Å². The van der Waals surface area contributed by atoms with Gasteiger partial charge in [-0.05, 0) is 74.9 Å². The van der Waals surface area contributed by atoms with E-state index in [0.29, 0.717) is 22.7 Å². The second kappa shape index (κ2) is 8.62. The Hall–Kier alpha value is -2.95. The topological polar surface area (TPSA) is 70.6 Å². The number of benzene rings is 2. The summed E-state index contributed by atoms with van der Waals surface area (Å²) in [6, 6.07) is 14.2. The van der Waals surface area contributed by atoms with E-state index in [1.54, 1.807) is 30.3 Å². The van der Waals surface area contributed by atoms with Crippen molar-refractivity contribution in [2.24, 2.45) is 11.0 Å². The van der Waals surface area contributed by atoms with Crippen LogP contribution in [0.3, 0.4) is 0 Å². The van der Waals surface area contributed by atoms with E-state index in [0.717, 1.165) is 37.0 Å². The van der Waals surface area contributed by atoms with Crippen molar-refractivity contribution in [1.82, 2.24) is 5.43 Å². The lowest BCUT2D eigenvalue weighted by Gasteiger charge is -2.09. The minimum atomic E-state index is -0.235. The van der Waals surface area contributed by atoms with Gasteiger partial charge in [-0.15, -0.1) is 0 Å². The zero-order chi connectivity index (χ0) is 19.2. The van der Waals surface area contributed by atoms with Gasteiger partial charge in [-0.3, -0.25) is 9.59 Å². The number of carbonyl (C=O) groups excluding carboxylic acids is 2. The van der Waals surface area contributed by atoms with Crippen molar-refractivity contribution < 1.29 is 9.59 Å². The average molecular weight is 363 g/mol. The molecule has 3 rings (SSSR count). The predicted octanol–water partition coefficient (Wildman–Crippen LogP) is 4.54. The number of carbonyl (C=O) groups is 2. The smallest absolute Gasteiger partial charge is 0.271 e. The number of anilines is 1. The predicted molar refractivity (Wildman–Crippen MR) is 108 cm³/mol. The standard InChI is InChI=1S/C22H25N3O2/c1-3-16-7-5-9-20(16)24-25-22(27)17-10-12-19(13-11-17)23-21(26)18-8-4-6-15(2)14-18/h4,6,8,10-14,16H,3,5,7,9H2,1-2H3,(H,23,26)(H,25,27)/b24-20+. The first kappa shape index (κ1) is 18.8. The Morgan fingerprint density at radius 1 is 1.07 bits per heavy atom. The molecular formula is C22H25N3O2. The van der Waals surface area contributed by atoms with Crippen LogP contribution in [0.25, 0.3) is 0 Å². The minimum Gasteiger partial charge on any atom is -0.322 e. The Balaban J connectivity index is 1.60. The lowest BCUT2D eigenvalue weighted by Crippen LogP contribution is -2.21. The van der Waals surface area contributed by atoms with Gasteiger partial charge >= 0.3 is 0 Å². The van der Waals surface area contributed by atoms with E-state index >= 15 is 0 Å². The van der Waals surface area contributed by atoms with Crippen molar-refractivity contribution in [2.75, 3.05) is 5.32 Å². The fraction of sp³-hybridized carbons (Fsp3) is 0.318. The lowest BCUT2D eigenvalue weighted by molar-refractivity contribution is 0.0954. The quantitative estimate of drug-likeness (QED) is 0.766. The number of aryl methyl sites for hydroxylation is 1. The van der Waals surface area contributed by atoms with Crippen LogP contribution in [0.15, 0.2) is 53.6 Å². The van der Waals surface area contributed by atoms with Crippen LogP contribution in [0.2, 0.25) is 0 Å². The molecule has 0 bridgehead atoms. The fourth-order valence-electron chi connectivity index (χ4n) is 3.37. The van der Waals surface area contributed by atoms with E-state index < -0.39 is 0 Å². The van der Waals surface area contributed by atoms with Crippen LogP contribution >= 0.6 is 0 Å². The van der Waals surface area contributed by atoms with Crippen LogP contribution in [0.4, 0.5) is 5.69 Å². The molecule has 1 fully saturated rings. The van der Waals surface area contributed by atoms with Gasteiger partial charge < -0.3 is 5.32 Å². The first-order chi connectivity index (χ1) is 13.1. The SMILES string of the molecule is CCC1CCC/C1=N\NC(=O)c1ccc(NC(=O)c2cccc(C)c2)cc1. The molecule has 0 spiro atoms. The van der Waals surface area contributed by atoms with Gasteiger partial charge in [0.05, 0.1) is 0 Å². The molecule has 2 aromatic rings. The maximum Gasteiger partial charge on any atom is 0.271 e. The molecule has 0 saturated heterocycles. The summed E-state index contributed by atoms with van der Waals surface area (Å²) in [4.78, 5) is 24.6. The maximum atomic E-state index is 12.3. The number of rotatable bonds is 5. The molecule has 0 aromatic heterocycles. The first-order valence-corrected chi connectivity index (χ1v) is 9.41. The van der Waals surface area contributed by atoms with E-state index in [4.69, 9.17) is 0 Å². The molecule has 5 nitrogen and oxygen atoms in total. The van der Waals surface area contributed by atoms with Gasteiger partial charge in [-0.2, -0.15) is 5.10 Å². The Kier molecular flexibility index (Phi) is 6.01. The molecule has 5 heteroatoms. The van der Waals surface area contributed by atoms with E-state index in [9.17, 15) is 9.59 Å². The second-order valence-electron chi connectivity index (χ2n) is 6.94. The summed E-state index contributed by atoms with van der Waals surface area (Å²) in [6.07, 6.45) is 4.32. The third kappa shape index (κ3) is 4.82. The highest BCUT2D eigenvalue weighted by atomic mass is 16.2. The second-order valence-corrected chi connectivity index (χ2v) is 6.94. The number of hydrogen-bond acceptors (Lipinski definition) is 3. The summed E-state index contributed by atoms with van der Waals surface area (Å²) >= 11 is 0. The molecule has 1 atom stereocenters. The molecule has 1 aliphatic carbocycles. The van der Waals surface area contributed by atoms with Crippen molar-refractivity contribution in [3.05, 3.63) is 65.2 Å². The summed E-state index contributed by atoms with van der Waals surface area (Å²) in [5.74, 6) is 0.0828. The highest BCUT2D eigenvalue weighted by Crippen LogP contribution is 2.25. The zero-order valence-electron chi connectivity index (χ0n) is 15.8. The molecule has 27 heavy (non-hydrogen) atoms. The Bertz CT molecular complexity index is 856. The summed E-state index contributed by atoms with van der Waals surface area (Å²) in [7, 11) is 0. The number of hydrazone groups is 1. The number of nitrogens with zero attached hydrogens (tertiary/aromatic N) is 1. The van der Waals surface area contributed by atoms with Gasteiger partial charge in [-0.25, -0.2) is 5.43 Å². The van der Waals surface area contributed by atoms with Gasteiger partial charge in [-0.1, -0.05) is 24.6 Å². The third-order valence-corrected chi connectivity index (χ3v) is 4.94.